The topological polar surface area (TPSA) is 71.3 Å². The summed E-state index contributed by atoms with van der Waals surface area (Å²) in [5.74, 6) is 0.468. The monoisotopic (exact) mass is 300 g/mol. The lowest BCUT2D eigenvalue weighted by Gasteiger charge is -2.31. The third-order valence-electron chi connectivity index (χ3n) is 4.09. The molecule has 3 heterocycles. The summed E-state index contributed by atoms with van der Waals surface area (Å²) < 4.78 is 5.10. The van der Waals surface area contributed by atoms with Crippen LogP contribution >= 0.6 is 0 Å². The number of rotatable bonds is 5. The third-order valence-corrected chi connectivity index (χ3v) is 4.09. The van der Waals surface area contributed by atoms with E-state index in [2.05, 4.69) is 20.4 Å². The highest BCUT2D eigenvalue weighted by atomic mass is 16.3. The van der Waals surface area contributed by atoms with Crippen LogP contribution in [-0.4, -0.2) is 40.6 Å². The van der Waals surface area contributed by atoms with E-state index in [0.717, 1.165) is 39.0 Å². The number of nitrogens with zero attached hydrogens (tertiary/aromatic N) is 3. The summed E-state index contributed by atoms with van der Waals surface area (Å²) in [7, 11) is 0. The number of nitrogens with one attached hydrogen (secondary N) is 1. The van der Waals surface area contributed by atoms with Gasteiger partial charge in [0.05, 0.1) is 30.5 Å². The summed E-state index contributed by atoms with van der Waals surface area (Å²) in [5, 5.41) is 10.4. The highest BCUT2D eigenvalue weighted by Gasteiger charge is 2.20. The fourth-order valence-corrected chi connectivity index (χ4v) is 2.75. The second-order valence-corrected chi connectivity index (χ2v) is 5.69. The molecule has 116 valence electrons. The van der Waals surface area contributed by atoms with E-state index < -0.39 is 0 Å². The Morgan fingerprint density at radius 2 is 2.18 bits per heavy atom. The Balaban J connectivity index is 1.40. The zero-order chi connectivity index (χ0) is 15.2. The minimum Gasteiger partial charge on any atom is -0.472 e. The van der Waals surface area contributed by atoms with Gasteiger partial charge in [-0.3, -0.25) is 9.69 Å². The van der Waals surface area contributed by atoms with Crippen molar-refractivity contribution in [3.05, 3.63) is 48.2 Å². The molecule has 0 bridgehead atoms. The molecule has 2 aromatic heterocycles. The molecule has 0 aromatic carbocycles. The predicted octanol–water partition coefficient (Wildman–Crippen LogP) is 1.71. The van der Waals surface area contributed by atoms with Crippen LogP contribution in [0.2, 0.25) is 0 Å². The van der Waals surface area contributed by atoms with Gasteiger partial charge in [-0.1, -0.05) is 0 Å². The summed E-state index contributed by atoms with van der Waals surface area (Å²) in [5.41, 5.74) is 1.78. The maximum absolute atomic E-state index is 12.0. The first-order valence-electron chi connectivity index (χ1n) is 7.59. The molecule has 6 nitrogen and oxygen atoms in total. The maximum atomic E-state index is 12.0. The van der Waals surface area contributed by atoms with Crippen molar-refractivity contribution in [3.8, 4) is 0 Å². The van der Waals surface area contributed by atoms with Crippen molar-refractivity contribution in [2.75, 3.05) is 19.6 Å². The SMILES string of the molecule is O=C(NCC1CCN(Cc2ccoc2)CC1)c1ccnnc1. The molecule has 1 aliphatic rings. The predicted molar refractivity (Wildman–Crippen MR) is 81.1 cm³/mol. The number of carbonyl (C=O) groups is 1. The van der Waals surface area contributed by atoms with Gasteiger partial charge in [0, 0.05) is 18.7 Å². The van der Waals surface area contributed by atoms with Gasteiger partial charge < -0.3 is 9.73 Å². The van der Waals surface area contributed by atoms with Crippen LogP contribution in [0, 0.1) is 5.92 Å². The van der Waals surface area contributed by atoms with Crippen LogP contribution in [0.3, 0.4) is 0 Å². The number of likely N-dealkylation sites (tertiary alicyclic amines) is 1. The van der Waals surface area contributed by atoms with Gasteiger partial charge in [0.2, 0.25) is 0 Å². The molecule has 1 aliphatic heterocycles. The van der Waals surface area contributed by atoms with Gasteiger partial charge in [-0.25, -0.2) is 0 Å². The van der Waals surface area contributed by atoms with E-state index in [-0.39, 0.29) is 5.91 Å². The van der Waals surface area contributed by atoms with Crippen molar-refractivity contribution in [3.63, 3.8) is 0 Å². The number of amides is 1. The molecule has 1 saturated heterocycles. The van der Waals surface area contributed by atoms with E-state index in [1.54, 1.807) is 18.6 Å². The van der Waals surface area contributed by atoms with E-state index >= 15 is 0 Å². The minimum absolute atomic E-state index is 0.0734. The molecule has 0 aliphatic carbocycles. The van der Waals surface area contributed by atoms with Crippen LogP contribution in [0.1, 0.15) is 28.8 Å². The number of piperidine rings is 1. The molecule has 2 aromatic rings. The van der Waals surface area contributed by atoms with Gasteiger partial charge in [0.25, 0.3) is 5.91 Å². The molecule has 0 unspecified atom stereocenters. The van der Waals surface area contributed by atoms with Gasteiger partial charge in [-0.2, -0.15) is 10.2 Å². The Morgan fingerprint density at radius 1 is 1.32 bits per heavy atom. The van der Waals surface area contributed by atoms with Gasteiger partial charge in [0.1, 0.15) is 0 Å². The molecule has 22 heavy (non-hydrogen) atoms. The van der Waals surface area contributed by atoms with E-state index in [9.17, 15) is 4.79 Å². The van der Waals surface area contributed by atoms with Gasteiger partial charge >= 0.3 is 0 Å². The number of furan rings is 1. The van der Waals surface area contributed by atoms with Crippen LogP contribution in [0.15, 0.2) is 41.5 Å². The van der Waals surface area contributed by atoms with E-state index in [1.165, 1.54) is 18.0 Å². The van der Waals surface area contributed by atoms with E-state index in [4.69, 9.17) is 4.42 Å². The van der Waals surface area contributed by atoms with Gasteiger partial charge in [0.15, 0.2) is 0 Å². The average molecular weight is 300 g/mol. The second kappa shape index (κ2) is 7.17. The normalized spacial score (nSPS) is 16.5. The largest absolute Gasteiger partial charge is 0.472 e. The summed E-state index contributed by atoms with van der Waals surface area (Å²) >= 11 is 0. The maximum Gasteiger partial charge on any atom is 0.252 e. The lowest BCUT2D eigenvalue weighted by Crippen LogP contribution is -2.38. The number of aromatic nitrogens is 2. The first kappa shape index (κ1) is 14.7. The molecule has 1 N–H and O–H groups in total. The van der Waals surface area contributed by atoms with Crippen LogP contribution in [0.25, 0.3) is 0 Å². The fourth-order valence-electron chi connectivity index (χ4n) is 2.75. The first-order valence-corrected chi connectivity index (χ1v) is 7.59. The zero-order valence-electron chi connectivity index (χ0n) is 12.4. The number of hydrogen-bond acceptors (Lipinski definition) is 5. The summed E-state index contributed by atoms with van der Waals surface area (Å²) in [6.45, 7) is 3.78. The zero-order valence-corrected chi connectivity index (χ0v) is 12.4. The van der Waals surface area contributed by atoms with Crippen molar-refractivity contribution in [1.29, 1.82) is 0 Å². The molecule has 0 radical (unpaired) electrons. The fraction of sp³-hybridized carbons (Fsp3) is 0.438. The molecule has 3 rings (SSSR count). The Bertz CT molecular complexity index is 577. The van der Waals surface area contributed by atoms with Crippen molar-refractivity contribution in [1.82, 2.24) is 20.4 Å². The van der Waals surface area contributed by atoms with E-state index in [0.29, 0.717) is 11.5 Å². The van der Waals surface area contributed by atoms with Crippen molar-refractivity contribution in [2.45, 2.75) is 19.4 Å². The van der Waals surface area contributed by atoms with Crippen LogP contribution in [0.4, 0.5) is 0 Å². The lowest BCUT2D eigenvalue weighted by atomic mass is 9.96. The Morgan fingerprint density at radius 3 is 2.86 bits per heavy atom. The first-order chi connectivity index (χ1) is 10.8. The minimum atomic E-state index is -0.0734. The third kappa shape index (κ3) is 3.92. The molecule has 1 fully saturated rings. The second-order valence-electron chi connectivity index (χ2n) is 5.69. The Kier molecular flexibility index (Phi) is 4.80. The highest BCUT2D eigenvalue weighted by molar-refractivity contribution is 5.93. The molecule has 1 amide bonds. The van der Waals surface area contributed by atoms with Crippen molar-refractivity contribution in [2.24, 2.45) is 5.92 Å². The highest BCUT2D eigenvalue weighted by Crippen LogP contribution is 2.18. The van der Waals surface area contributed by atoms with Crippen LogP contribution in [-0.2, 0) is 6.54 Å². The van der Waals surface area contributed by atoms with Crippen molar-refractivity contribution < 1.29 is 9.21 Å². The van der Waals surface area contributed by atoms with Crippen LogP contribution in [0.5, 0.6) is 0 Å². The quantitative estimate of drug-likeness (QED) is 0.910. The van der Waals surface area contributed by atoms with E-state index in [1.807, 2.05) is 6.07 Å². The summed E-state index contributed by atoms with van der Waals surface area (Å²) in [6.07, 6.45) is 8.74. The molecule has 0 spiro atoms. The van der Waals surface area contributed by atoms with Crippen molar-refractivity contribution >= 4 is 5.91 Å². The van der Waals surface area contributed by atoms with Gasteiger partial charge in [-0.15, -0.1) is 0 Å². The Labute approximate surface area is 129 Å². The number of carbonyl (C=O) groups excluding carboxylic acids is 1. The molecular weight excluding hydrogens is 280 g/mol. The molecule has 6 heteroatoms. The summed E-state index contributed by atoms with van der Waals surface area (Å²) in [6, 6.07) is 3.69. The Hall–Kier alpha value is -2.21. The lowest BCUT2D eigenvalue weighted by molar-refractivity contribution is 0.0934. The number of hydrogen-bond donors (Lipinski definition) is 1. The molecule has 0 atom stereocenters. The smallest absolute Gasteiger partial charge is 0.252 e. The van der Waals surface area contributed by atoms with Crippen LogP contribution < -0.4 is 5.32 Å². The summed E-state index contributed by atoms with van der Waals surface area (Å²) in [4.78, 5) is 14.4. The standard InChI is InChI=1S/C16H20N4O2/c21-16(15-1-5-18-19-10-15)17-9-13-2-6-20(7-3-13)11-14-4-8-22-12-14/h1,4-5,8,10,12-13H,2-3,6-7,9,11H2,(H,17,21). The van der Waals surface area contributed by atoms with Gasteiger partial charge in [-0.05, 0) is 44.0 Å². The molecular formula is C16H20N4O2. The molecule has 0 saturated carbocycles. The average Bonchev–Trinajstić information content (AvgIpc) is 3.08.